The Bertz CT molecular complexity index is 1460. The van der Waals surface area contributed by atoms with E-state index in [-0.39, 0.29) is 35.9 Å². The highest BCUT2D eigenvalue weighted by Gasteiger charge is 2.62. The lowest BCUT2D eigenvalue weighted by Gasteiger charge is -2.35. The summed E-state index contributed by atoms with van der Waals surface area (Å²) < 4.78 is 12.6. The van der Waals surface area contributed by atoms with Gasteiger partial charge in [-0.3, -0.25) is 9.59 Å². The van der Waals surface area contributed by atoms with Crippen LogP contribution in [0.2, 0.25) is 0 Å². The number of nitrogens with zero attached hydrogens (tertiary/aromatic N) is 2. The third-order valence-electron chi connectivity index (χ3n) is 6.68. The predicted octanol–water partition coefficient (Wildman–Crippen LogP) is 2.65. The number of anilines is 1. The summed E-state index contributed by atoms with van der Waals surface area (Å²) in [7, 11) is 1.62. The Balaban J connectivity index is 1.87. The lowest BCUT2D eigenvalue weighted by molar-refractivity contribution is -0.140. The summed E-state index contributed by atoms with van der Waals surface area (Å²) in [5, 5.41) is 0. The van der Waals surface area contributed by atoms with Crippen molar-refractivity contribution in [2.45, 2.75) is 25.8 Å². The van der Waals surface area contributed by atoms with Crippen molar-refractivity contribution < 1.29 is 19.1 Å². The van der Waals surface area contributed by atoms with Crippen LogP contribution in [-0.2, 0) is 33.3 Å². The van der Waals surface area contributed by atoms with Crippen LogP contribution in [0.25, 0.3) is 0 Å². The fraction of sp³-hybridized carbons (Fsp3) is 0.222. The highest BCUT2D eigenvalue weighted by atomic mass is 16.5. The number of carbonyl (C=O) groups is 2. The number of pyridine rings is 1. The average molecular weight is 472 g/mol. The highest BCUT2D eigenvalue weighted by molar-refractivity contribution is 6.18. The van der Waals surface area contributed by atoms with Gasteiger partial charge in [-0.05, 0) is 25.5 Å². The first-order valence-corrected chi connectivity index (χ1v) is 11.3. The van der Waals surface area contributed by atoms with Gasteiger partial charge in [-0.15, -0.1) is 0 Å². The van der Waals surface area contributed by atoms with Crippen molar-refractivity contribution in [2.24, 2.45) is 12.8 Å². The van der Waals surface area contributed by atoms with Gasteiger partial charge in [0.1, 0.15) is 16.7 Å². The Morgan fingerprint density at radius 1 is 1.09 bits per heavy atom. The Labute approximate surface area is 202 Å². The van der Waals surface area contributed by atoms with E-state index in [0.717, 1.165) is 5.56 Å². The largest absolute Gasteiger partial charge is 0.462 e. The van der Waals surface area contributed by atoms with E-state index in [1.807, 2.05) is 36.4 Å². The molecule has 0 fully saturated rings. The van der Waals surface area contributed by atoms with Crippen molar-refractivity contribution in [1.82, 2.24) is 4.57 Å². The zero-order valence-corrected chi connectivity index (χ0v) is 19.7. The van der Waals surface area contributed by atoms with Gasteiger partial charge in [-0.1, -0.05) is 48.5 Å². The Hall–Kier alpha value is -4.33. The van der Waals surface area contributed by atoms with Crippen molar-refractivity contribution in [2.75, 3.05) is 11.5 Å². The van der Waals surface area contributed by atoms with Gasteiger partial charge in [0, 0.05) is 30.1 Å². The molecule has 2 aromatic carbocycles. The van der Waals surface area contributed by atoms with E-state index in [1.54, 1.807) is 50.1 Å². The Morgan fingerprint density at radius 3 is 2.49 bits per heavy atom. The molecule has 0 saturated heterocycles. The van der Waals surface area contributed by atoms with Gasteiger partial charge in [0.25, 0.3) is 5.56 Å². The molecule has 35 heavy (non-hydrogen) atoms. The second kappa shape index (κ2) is 8.16. The fourth-order valence-corrected chi connectivity index (χ4v) is 5.01. The Kier molecular flexibility index (Phi) is 5.24. The third-order valence-corrected chi connectivity index (χ3v) is 6.68. The summed E-state index contributed by atoms with van der Waals surface area (Å²) in [5.74, 6) is -1.36. The molecule has 2 aliphatic heterocycles. The zero-order chi connectivity index (χ0) is 24.9. The normalized spacial score (nSPS) is 18.4. The van der Waals surface area contributed by atoms with Gasteiger partial charge >= 0.3 is 5.97 Å². The second-order valence-corrected chi connectivity index (χ2v) is 8.59. The number of para-hydroxylation sites is 1. The fourth-order valence-electron chi connectivity index (χ4n) is 5.01. The zero-order valence-electron chi connectivity index (χ0n) is 19.7. The number of hydrogen-bond donors (Lipinski definition) is 1. The minimum Gasteiger partial charge on any atom is -0.462 e. The number of ether oxygens (including phenoxy) is 2. The molecule has 5 rings (SSSR count). The minimum absolute atomic E-state index is 0.0517. The minimum atomic E-state index is -1.81. The van der Waals surface area contributed by atoms with Crippen LogP contribution < -0.4 is 20.9 Å². The van der Waals surface area contributed by atoms with Gasteiger partial charge in [-0.2, -0.15) is 0 Å². The number of esters is 1. The molecule has 1 spiro atoms. The maximum Gasteiger partial charge on any atom is 0.341 e. The molecule has 0 saturated carbocycles. The first kappa shape index (κ1) is 22.5. The molecule has 1 aromatic heterocycles. The first-order chi connectivity index (χ1) is 16.8. The van der Waals surface area contributed by atoms with Gasteiger partial charge in [0.05, 0.1) is 18.7 Å². The monoisotopic (exact) mass is 471 g/mol. The summed E-state index contributed by atoms with van der Waals surface area (Å²) in [6, 6.07) is 18.3. The van der Waals surface area contributed by atoms with Crippen molar-refractivity contribution >= 4 is 17.6 Å². The molecule has 0 aliphatic carbocycles. The molecule has 2 aliphatic rings. The van der Waals surface area contributed by atoms with Crippen LogP contribution in [0.3, 0.4) is 0 Å². The van der Waals surface area contributed by atoms with Crippen molar-refractivity contribution in [3.63, 3.8) is 0 Å². The quantitative estimate of drug-likeness (QED) is 0.587. The van der Waals surface area contributed by atoms with Crippen molar-refractivity contribution in [3.05, 3.63) is 105 Å². The molecular formula is C27H25N3O5. The standard InChI is InChI=1S/C27H25N3O5/c1-4-34-25(32)22-23(28)35-20-14-16(2)29(3)24(31)21(20)27(22)18-12-8-9-13-19(18)30(26(27)33)15-17-10-6-5-7-11-17/h5-14H,4,15,28H2,1-3H3. The predicted molar refractivity (Wildman–Crippen MR) is 130 cm³/mol. The van der Waals surface area contributed by atoms with Gasteiger partial charge in [-0.25, -0.2) is 4.79 Å². The van der Waals surface area contributed by atoms with E-state index < -0.39 is 22.9 Å². The Morgan fingerprint density at radius 2 is 1.77 bits per heavy atom. The second-order valence-electron chi connectivity index (χ2n) is 8.59. The van der Waals surface area contributed by atoms with E-state index in [1.165, 1.54) is 4.57 Å². The van der Waals surface area contributed by atoms with E-state index in [4.69, 9.17) is 15.2 Å². The number of aromatic nitrogens is 1. The lowest BCUT2D eigenvalue weighted by atomic mass is 9.68. The number of aryl methyl sites for hydroxylation is 1. The maximum atomic E-state index is 14.5. The first-order valence-electron chi connectivity index (χ1n) is 11.3. The molecule has 1 atom stereocenters. The number of carbonyl (C=O) groups excluding carboxylic acids is 2. The van der Waals surface area contributed by atoms with E-state index in [9.17, 15) is 14.4 Å². The van der Waals surface area contributed by atoms with E-state index >= 15 is 0 Å². The van der Waals surface area contributed by atoms with Crippen LogP contribution in [-0.4, -0.2) is 23.1 Å². The molecule has 0 radical (unpaired) electrons. The molecule has 0 bridgehead atoms. The van der Waals surface area contributed by atoms with Gasteiger partial charge in [0.2, 0.25) is 11.8 Å². The summed E-state index contributed by atoms with van der Waals surface area (Å²) in [4.78, 5) is 43.2. The molecule has 1 unspecified atom stereocenters. The smallest absolute Gasteiger partial charge is 0.341 e. The van der Waals surface area contributed by atoms with E-state index in [2.05, 4.69) is 0 Å². The number of rotatable bonds is 4. The summed E-state index contributed by atoms with van der Waals surface area (Å²) >= 11 is 0. The molecule has 3 aromatic rings. The SMILES string of the molecule is CCOC(=O)C1=C(N)Oc2cc(C)n(C)c(=O)c2C12C(=O)N(Cc1ccccc1)c1ccccc12. The van der Waals surface area contributed by atoms with Crippen LogP contribution in [0.5, 0.6) is 5.75 Å². The molecule has 178 valence electrons. The number of amides is 1. The highest BCUT2D eigenvalue weighted by Crippen LogP contribution is 2.54. The maximum absolute atomic E-state index is 14.5. The van der Waals surface area contributed by atoms with Crippen LogP contribution in [0.15, 0.2) is 76.9 Å². The molecule has 2 N–H and O–H groups in total. The van der Waals surface area contributed by atoms with Gasteiger partial charge < -0.3 is 24.7 Å². The average Bonchev–Trinajstić information content (AvgIpc) is 3.07. The molecule has 8 nitrogen and oxygen atoms in total. The lowest BCUT2D eigenvalue weighted by Crippen LogP contribution is -2.51. The van der Waals surface area contributed by atoms with Crippen LogP contribution in [0.4, 0.5) is 5.69 Å². The number of fused-ring (bicyclic) bond motifs is 4. The summed E-state index contributed by atoms with van der Waals surface area (Å²) in [6.07, 6.45) is 0. The third kappa shape index (κ3) is 3.10. The summed E-state index contributed by atoms with van der Waals surface area (Å²) in [5.41, 5.74) is 6.52. The van der Waals surface area contributed by atoms with Crippen molar-refractivity contribution in [1.29, 1.82) is 0 Å². The molecular weight excluding hydrogens is 446 g/mol. The van der Waals surface area contributed by atoms with Gasteiger partial charge in [0.15, 0.2) is 0 Å². The van der Waals surface area contributed by atoms with E-state index in [0.29, 0.717) is 16.9 Å². The number of benzene rings is 2. The van der Waals surface area contributed by atoms with Crippen LogP contribution in [0.1, 0.15) is 29.3 Å². The van der Waals surface area contributed by atoms with Crippen LogP contribution in [0, 0.1) is 6.92 Å². The van der Waals surface area contributed by atoms with Crippen LogP contribution >= 0.6 is 0 Å². The van der Waals surface area contributed by atoms with Crippen molar-refractivity contribution in [3.8, 4) is 5.75 Å². The number of hydrogen-bond acceptors (Lipinski definition) is 6. The topological polar surface area (TPSA) is 104 Å². The summed E-state index contributed by atoms with van der Waals surface area (Å²) in [6.45, 7) is 3.73. The molecule has 8 heteroatoms. The molecule has 1 amide bonds. The molecule has 3 heterocycles. The number of nitrogens with two attached hydrogens (primary N) is 1.